The van der Waals surface area contributed by atoms with E-state index in [9.17, 15) is 0 Å². The van der Waals surface area contributed by atoms with E-state index in [-0.39, 0.29) is 0 Å². The highest BCUT2D eigenvalue weighted by molar-refractivity contribution is 6.65. The zero-order valence-corrected chi connectivity index (χ0v) is 4.00. The number of hydrogen-bond donors (Lipinski definition) is 1. The third-order valence-corrected chi connectivity index (χ3v) is 0.917. The third kappa shape index (κ3) is 0.627. The molecular weight excluding hydrogens is 99.5 g/mol. The van der Waals surface area contributed by atoms with Crippen LogP contribution in [0, 0.1) is 0 Å². The van der Waals surface area contributed by atoms with Crippen molar-refractivity contribution in [2.45, 2.75) is 6.42 Å². The Bertz CT molecular complexity index is 78.9. The van der Waals surface area contributed by atoms with Gasteiger partial charge in [0, 0.05) is 13.0 Å². The smallest absolute Gasteiger partial charge is 0.127 e. The molecule has 1 heterocycles. The second-order valence-electron chi connectivity index (χ2n) is 1.15. The SMILES string of the molecule is ClC1=NNCC1. The maximum Gasteiger partial charge on any atom is 0.127 e. The Morgan fingerprint density at radius 2 is 2.67 bits per heavy atom. The summed E-state index contributed by atoms with van der Waals surface area (Å²) < 4.78 is 0. The number of hydrazone groups is 1. The van der Waals surface area contributed by atoms with Gasteiger partial charge in [0.25, 0.3) is 0 Å². The van der Waals surface area contributed by atoms with Crippen LogP contribution in [0.25, 0.3) is 0 Å². The van der Waals surface area contributed by atoms with E-state index in [1.807, 2.05) is 0 Å². The van der Waals surface area contributed by atoms with Gasteiger partial charge in [-0.3, -0.25) is 0 Å². The van der Waals surface area contributed by atoms with E-state index in [0.29, 0.717) is 5.17 Å². The lowest BCUT2D eigenvalue weighted by Gasteiger charge is -1.75. The Hall–Kier alpha value is -0.240. The molecule has 0 atom stereocenters. The van der Waals surface area contributed by atoms with Crippen molar-refractivity contribution in [2.24, 2.45) is 5.10 Å². The molecule has 0 aromatic heterocycles. The minimum Gasteiger partial charge on any atom is -0.309 e. The van der Waals surface area contributed by atoms with Gasteiger partial charge in [-0.05, 0) is 0 Å². The molecule has 0 bridgehead atoms. The molecule has 0 unspecified atom stereocenters. The van der Waals surface area contributed by atoms with Crippen LogP contribution in [-0.4, -0.2) is 11.7 Å². The van der Waals surface area contributed by atoms with Crippen molar-refractivity contribution in [1.29, 1.82) is 0 Å². The van der Waals surface area contributed by atoms with Crippen LogP contribution in [0.4, 0.5) is 0 Å². The predicted molar refractivity (Wildman–Crippen MR) is 25.9 cm³/mol. The molecule has 0 aromatic carbocycles. The van der Waals surface area contributed by atoms with Gasteiger partial charge in [-0.1, -0.05) is 11.6 Å². The first-order valence-electron chi connectivity index (χ1n) is 1.84. The number of nitrogens with zero attached hydrogens (tertiary/aromatic N) is 1. The fraction of sp³-hybridized carbons (Fsp3) is 0.667. The first-order chi connectivity index (χ1) is 2.89. The van der Waals surface area contributed by atoms with Gasteiger partial charge in [0.1, 0.15) is 5.17 Å². The number of nitrogens with one attached hydrogen (secondary N) is 1. The van der Waals surface area contributed by atoms with Gasteiger partial charge < -0.3 is 5.43 Å². The van der Waals surface area contributed by atoms with Crippen LogP contribution in [0.2, 0.25) is 0 Å². The molecule has 0 saturated heterocycles. The summed E-state index contributed by atoms with van der Waals surface area (Å²) in [7, 11) is 0. The van der Waals surface area contributed by atoms with Crippen molar-refractivity contribution in [3.05, 3.63) is 0 Å². The first-order valence-corrected chi connectivity index (χ1v) is 2.22. The summed E-state index contributed by atoms with van der Waals surface area (Å²) in [6, 6.07) is 0. The lowest BCUT2D eigenvalue weighted by molar-refractivity contribution is 0.813. The predicted octanol–water partition coefficient (Wildman–Crippen LogP) is 0.532. The lowest BCUT2D eigenvalue weighted by atomic mass is 10.5. The van der Waals surface area contributed by atoms with Gasteiger partial charge in [-0.2, -0.15) is 5.10 Å². The van der Waals surface area contributed by atoms with Crippen LogP contribution in [-0.2, 0) is 0 Å². The molecule has 2 nitrogen and oxygen atoms in total. The van der Waals surface area contributed by atoms with Crippen molar-refractivity contribution in [3.63, 3.8) is 0 Å². The molecular formula is C3H5ClN2. The molecule has 0 aliphatic carbocycles. The standard InChI is InChI=1S/C3H5ClN2/c4-3-1-2-5-6-3/h5H,1-2H2. The third-order valence-electron chi connectivity index (χ3n) is 0.643. The Labute approximate surface area is 41.2 Å². The molecule has 0 aromatic rings. The number of hydrogen-bond acceptors (Lipinski definition) is 2. The molecule has 34 valence electrons. The van der Waals surface area contributed by atoms with E-state index in [0.717, 1.165) is 13.0 Å². The van der Waals surface area contributed by atoms with Crippen molar-refractivity contribution in [3.8, 4) is 0 Å². The van der Waals surface area contributed by atoms with E-state index < -0.39 is 0 Å². The molecule has 1 rings (SSSR count). The van der Waals surface area contributed by atoms with E-state index in [1.165, 1.54) is 0 Å². The highest BCUT2D eigenvalue weighted by Gasteiger charge is 1.98. The average Bonchev–Trinajstić information content (AvgIpc) is 1.86. The molecule has 0 fully saturated rings. The summed E-state index contributed by atoms with van der Waals surface area (Å²) in [6.07, 6.45) is 0.890. The summed E-state index contributed by atoms with van der Waals surface area (Å²) in [6.45, 7) is 0.902. The van der Waals surface area contributed by atoms with E-state index in [1.54, 1.807) is 0 Å². The van der Waals surface area contributed by atoms with Gasteiger partial charge in [-0.15, -0.1) is 0 Å². The molecule has 1 aliphatic rings. The van der Waals surface area contributed by atoms with Crippen molar-refractivity contribution < 1.29 is 0 Å². The van der Waals surface area contributed by atoms with Gasteiger partial charge >= 0.3 is 0 Å². The number of halogens is 1. The Morgan fingerprint density at radius 1 is 1.83 bits per heavy atom. The van der Waals surface area contributed by atoms with Crippen LogP contribution in [0.5, 0.6) is 0 Å². The second kappa shape index (κ2) is 1.47. The number of rotatable bonds is 0. The van der Waals surface area contributed by atoms with Crippen LogP contribution in [0.15, 0.2) is 5.10 Å². The summed E-state index contributed by atoms with van der Waals surface area (Å²) in [4.78, 5) is 0. The van der Waals surface area contributed by atoms with Crippen molar-refractivity contribution in [2.75, 3.05) is 6.54 Å². The molecule has 1 N–H and O–H groups in total. The van der Waals surface area contributed by atoms with Crippen LogP contribution in [0.1, 0.15) is 6.42 Å². The average molecular weight is 105 g/mol. The zero-order valence-electron chi connectivity index (χ0n) is 3.24. The second-order valence-corrected chi connectivity index (χ2v) is 1.58. The highest BCUT2D eigenvalue weighted by atomic mass is 35.5. The minimum absolute atomic E-state index is 0.690. The van der Waals surface area contributed by atoms with Gasteiger partial charge in [0.15, 0.2) is 0 Å². The van der Waals surface area contributed by atoms with Gasteiger partial charge in [-0.25, -0.2) is 0 Å². The molecule has 0 saturated carbocycles. The molecule has 0 amide bonds. The Kier molecular flexibility index (Phi) is 0.965. The topological polar surface area (TPSA) is 24.4 Å². The molecule has 1 aliphatic heterocycles. The summed E-state index contributed by atoms with van der Waals surface area (Å²) in [5.41, 5.74) is 2.73. The van der Waals surface area contributed by atoms with Crippen molar-refractivity contribution >= 4 is 16.8 Å². The van der Waals surface area contributed by atoms with Crippen LogP contribution >= 0.6 is 11.6 Å². The van der Waals surface area contributed by atoms with E-state index in [2.05, 4.69) is 10.5 Å². The minimum atomic E-state index is 0.690. The van der Waals surface area contributed by atoms with E-state index in [4.69, 9.17) is 11.6 Å². The fourth-order valence-electron chi connectivity index (χ4n) is 0.357. The zero-order chi connectivity index (χ0) is 4.41. The summed E-state index contributed by atoms with van der Waals surface area (Å²) >= 11 is 5.40. The molecule has 6 heavy (non-hydrogen) atoms. The largest absolute Gasteiger partial charge is 0.309 e. The lowest BCUT2D eigenvalue weighted by Crippen LogP contribution is -1.96. The maximum absolute atomic E-state index is 5.40. The first kappa shape index (κ1) is 3.93. The Balaban J connectivity index is 2.45. The molecule has 3 heteroatoms. The van der Waals surface area contributed by atoms with Gasteiger partial charge in [0.05, 0.1) is 0 Å². The quantitative estimate of drug-likeness (QED) is 0.477. The van der Waals surface area contributed by atoms with Gasteiger partial charge in [0.2, 0.25) is 0 Å². The normalized spacial score (nSPS) is 19.8. The highest BCUT2D eigenvalue weighted by Crippen LogP contribution is 1.95. The summed E-state index contributed by atoms with van der Waals surface area (Å²) in [5, 5.41) is 4.36. The fourth-order valence-corrected chi connectivity index (χ4v) is 0.511. The maximum atomic E-state index is 5.40. The van der Waals surface area contributed by atoms with E-state index >= 15 is 0 Å². The summed E-state index contributed by atoms with van der Waals surface area (Å²) in [5.74, 6) is 0. The molecule has 0 radical (unpaired) electrons. The van der Waals surface area contributed by atoms with Crippen molar-refractivity contribution in [1.82, 2.24) is 5.43 Å². The monoisotopic (exact) mass is 104 g/mol. The van der Waals surface area contributed by atoms with Crippen LogP contribution < -0.4 is 5.43 Å². The molecule has 0 spiro atoms. The Morgan fingerprint density at radius 3 is 2.83 bits per heavy atom. The van der Waals surface area contributed by atoms with Crippen LogP contribution in [0.3, 0.4) is 0 Å².